The number of hydrogen-bond donors (Lipinski definition) is 2. The average Bonchev–Trinajstić information content (AvgIpc) is 2.68. The molecule has 1 amide bonds. The molecule has 0 aromatic heterocycles. The van der Waals surface area contributed by atoms with Gasteiger partial charge in [0, 0.05) is 29.9 Å². The van der Waals surface area contributed by atoms with Gasteiger partial charge in [0.05, 0.1) is 4.90 Å². The molecule has 0 bridgehead atoms. The van der Waals surface area contributed by atoms with Gasteiger partial charge in [-0.3, -0.25) is 9.52 Å². The maximum absolute atomic E-state index is 12.9. The molecule has 2 aromatic rings. The van der Waals surface area contributed by atoms with E-state index in [1.54, 1.807) is 42.5 Å². The Morgan fingerprint density at radius 2 is 1.78 bits per heavy atom. The van der Waals surface area contributed by atoms with E-state index in [9.17, 15) is 13.2 Å². The van der Waals surface area contributed by atoms with Crippen molar-refractivity contribution in [1.29, 1.82) is 0 Å². The molecule has 6 nitrogen and oxygen atoms in total. The van der Waals surface area contributed by atoms with Gasteiger partial charge in [-0.25, -0.2) is 8.42 Å². The summed E-state index contributed by atoms with van der Waals surface area (Å²) < 4.78 is 27.3. The largest absolute Gasteiger partial charge is 0.334 e. The Morgan fingerprint density at radius 1 is 1.11 bits per heavy atom. The second kappa shape index (κ2) is 8.10. The number of carbonyl (C=O) groups is 1. The molecule has 144 valence electrons. The van der Waals surface area contributed by atoms with Crippen molar-refractivity contribution in [3.63, 3.8) is 0 Å². The van der Waals surface area contributed by atoms with Crippen LogP contribution in [0.5, 0.6) is 0 Å². The van der Waals surface area contributed by atoms with Crippen LogP contribution in [-0.4, -0.2) is 37.9 Å². The van der Waals surface area contributed by atoms with Crippen LogP contribution in [0.1, 0.15) is 36.5 Å². The molecule has 3 N–H and O–H groups in total. The molecule has 1 saturated heterocycles. The summed E-state index contributed by atoms with van der Waals surface area (Å²) in [5.74, 6) is -0.0607. The van der Waals surface area contributed by atoms with E-state index in [2.05, 4.69) is 4.72 Å². The predicted octanol–water partition coefficient (Wildman–Crippen LogP) is 2.83. The van der Waals surface area contributed by atoms with E-state index in [1.807, 2.05) is 11.8 Å². The maximum Gasteiger partial charge on any atom is 0.261 e. The van der Waals surface area contributed by atoms with Crippen LogP contribution in [0.2, 0.25) is 0 Å². The van der Waals surface area contributed by atoms with Crippen molar-refractivity contribution in [3.05, 3.63) is 60.2 Å². The first kappa shape index (κ1) is 19.4. The third kappa shape index (κ3) is 4.48. The van der Waals surface area contributed by atoms with Gasteiger partial charge in [-0.2, -0.15) is 0 Å². The standard InChI is InChI=1S/C20H25N3O3S/c1-15(21)19-9-5-6-14-23(19)20(24)16-10-12-17(13-11-16)22-27(25,26)18-7-3-2-4-8-18/h2-4,7-8,10-13,15,19,22H,5-6,9,14,21H2,1H3. The molecule has 27 heavy (non-hydrogen) atoms. The van der Waals surface area contributed by atoms with E-state index in [1.165, 1.54) is 12.1 Å². The Labute approximate surface area is 160 Å². The van der Waals surface area contributed by atoms with Crippen LogP contribution in [0.3, 0.4) is 0 Å². The molecule has 2 atom stereocenters. The minimum absolute atomic E-state index is 0.0440. The Hall–Kier alpha value is -2.38. The summed E-state index contributed by atoms with van der Waals surface area (Å²) in [5.41, 5.74) is 7.00. The van der Waals surface area contributed by atoms with Crippen molar-refractivity contribution in [1.82, 2.24) is 4.90 Å². The number of carbonyl (C=O) groups excluding carboxylic acids is 1. The summed E-state index contributed by atoms with van der Waals surface area (Å²) in [6.07, 6.45) is 2.97. The van der Waals surface area contributed by atoms with Gasteiger partial charge in [0.2, 0.25) is 0 Å². The van der Waals surface area contributed by atoms with Crippen LogP contribution in [0.15, 0.2) is 59.5 Å². The first-order chi connectivity index (χ1) is 12.9. The van der Waals surface area contributed by atoms with Crippen molar-refractivity contribution in [2.75, 3.05) is 11.3 Å². The first-order valence-electron chi connectivity index (χ1n) is 9.13. The smallest absolute Gasteiger partial charge is 0.261 e. The summed E-state index contributed by atoms with van der Waals surface area (Å²) in [5, 5.41) is 0. The molecule has 0 radical (unpaired) electrons. The second-order valence-corrected chi connectivity index (χ2v) is 8.60. The van der Waals surface area contributed by atoms with Gasteiger partial charge in [0.1, 0.15) is 0 Å². The lowest BCUT2D eigenvalue weighted by Crippen LogP contribution is -2.51. The maximum atomic E-state index is 12.9. The number of nitrogens with zero attached hydrogens (tertiary/aromatic N) is 1. The van der Waals surface area contributed by atoms with E-state index in [0.29, 0.717) is 17.8 Å². The van der Waals surface area contributed by atoms with Gasteiger partial charge in [0.15, 0.2) is 0 Å². The van der Waals surface area contributed by atoms with Crippen LogP contribution >= 0.6 is 0 Å². The average molecular weight is 388 g/mol. The van der Waals surface area contributed by atoms with Crippen molar-refractivity contribution >= 4 is 21.6 Å². The summed E-state index contributed by atoms with van der Waals surface area (Å²) in [4.78, 5) is 14.9. The second-order valence-electron chi connectivity index (χ2n) is 6.92. The third-order valence-corrected chi connectivity index (χ3v) is 6.25. The summed E-state index contributed by atoms with van der Waals surface area (Å²) in [7, 11) is -3.65. The highest BCUT2D eigenvalue weighted by Crippen LogP contribution is 2.23. The number of amides is 1. The fraction of sp³-hybridized carbons (Fsp3) is 0.350. The highest BCUT2D eigenvalue weighted by molar-refractivity contribution is 7.92. The van der Waals surface area contributed by atoms with Gasteiger partial charge in [-0.1, -0.05) is 18.2 Å². The minimum atomic E-state index is -3.65. The van der Waals surface area contributed by atoms with Gasteiger partial charge >= 0.3 is 0 Å². The lowest BCUT2D eigenvalue weighted by Gasteiger charge is -2.38. The fourth-order valence-corrected chi connectivity index (χ4v) is 4.50. The number of hydrogen-bond acceptors (Lipinski definition) is 4. The highest BCUT2D eigenvalue weighted by Gasteiger charge is 2.29. The van der Waals surface area contributed by atoms with Gasteiger partial charge < -0.3 is 10.6 Å². The fourth-order valence-electron chi connectivity index (χ4n) is 3.42. The zero-order valence-electron chi connectivity index (χ0n) is 15.3. The zero-order chi connectivity index (χ0) is 19.4. The lowest BCUT2D eigenvalue weighted by molar-refractivity contribution is 0.0584. The van der Waals surface area contributed by atoms with Gasteiger partial charge in [-0.15, -0.1) is 0 Å². The van der Waals surface area contributed by atoms with Crippen molar-refractivity contribution in [2.24, 2.45) is 5.73 Å². The molecule has 1 aliphatic heterocycles. The van der Waals surface area contributed by atoms with E-state index in [4.69, 9.17) is 5.73 Å². The number of benzene rings is 2. The van der Waals surface area contributed by atoms with Crippen molar-refractivity contribution < 1.29 is 13.2 Å². The number of sulfonamides is 1. The molecule has 1 heterocycles. The molecule has 2 aromatic carbocycles. The number of nitrogens with one attached hydrogen (secondary N) is 1. The predicted molar refractivity (Wildman–Crippen MR) is 106 cm³/mol. The van der Waals surface area contributed by atoms with Crippen LogP contribution in [0, 0.1) is 0 Å². The molecule has 1 fully saturated rings. The first-order valence-corrected chi connectivity index (χ1v) is 10.6. The number of piperidine rings is 1. The van der Waals surface area contributed by atoms with Crippen LogP contribution in [-0.2, 0) is 10.0 Å². The molecule has 0 spiro atoms. The number of likely N-dealkylation sites (tertiary alicyclic amines) is 1. The normalized spacial score (nSPS) is 18.7. The number of nitrogens with two attached hydrogens (primary N) is 1. The topological polar surface area (TPSA) is 92.5 Å². The molecule has 3 rings (SSSR count). The summed E-state index contributed by atoms with van der Waals surface area (Å²) in [6, 6.07) is 14.7. The van der Waals surface area contributed by atoms with E-state index >= 15 is 0 Å². The van der Waals surface area contributed by atoms with Crippen molar-refractivity contribution in [3.8, 4) is 0 Å². The summed E-state index contributed by atoms with van der Waals surface area (Å²) in [6.45, 7) is 2.63. The van der Waals surface area contributed by atoms with Gasteiger partial charge in [0.25, 0.3) is 15.9 Å². The zero-order valence-corrected chi connectivity index (χ0v) is 16.2. The summed E-state index contributed by atoms with van der Waals surface area (Å²) >= 11 is 0. The molecule has 1 aliphatic rings. The molecule has 0 saturated carbocycles. The Balaban J connectivity index is 1.74. The van der Waals surface area contributed by atoms with E-state index < -0.39 is 10.0 Å². The molecular formula is C20H25N3O3S. The van der Waals surface area contributed by atoms with E-state index in [-0.39, 0.29) is 22.9 Å². The Morgan fingerprint density at radius 3 is 2.41 bits per heavy atom. The van der Waals surface area contributed by atoms with Crippen LogP contribution < -0.4 is 10.5 Å². The quantitative estimate of drug-likeness (QED) is 0.825. The highest BCUT2D eigenvalue weighted by atomic mass is 32.2. The molecular weight excluding hydrogens is 362 g/mol. The Kier molecular flexibility index (Phi) is 5.82. The molecule has 2 unspecified atom stereocenters. The van der Waals surface area contributed by atoms with Crippen LogP contribution in [0.4, 0.5) is 5.69 Å². The lowest BCUT2D eigenvalue weighted by atomic mass is 9.96. The number of rotatable bonds is 5. The minimum Gasteiger partial charge on any atom is -0.334 e. The van der Waals surface area contributed by atoms with Crippen LogP contribution in [0.25, 0.3) is 0 Å². The Bertz CT molecular complexity index is 880. The monoisotopic (exact) mass is 387 g/mol. The third-order valence-electron chi connectivity index (χ3n) is 4.85. The molecule has 7 heteroatoms. The van der Waals surface area contributed by atoms with Crippen molar-refractivity contribution in [2.45, 2.75) is 43.2 Å². The molecule has 0 aliphatic carbocycles. The van der Waals surface area contributed by atoms with Gasteiger partial charge in [-0.05, 0) is 62.6 Å². The number of anilines is 1. The SMILES string of the molecule is CC(N)C1CCCCN1C(=O)c1ccc(NS(=O)(=O)c2ccccc2)cc1. The van der Waals surface area contributed by atoms with E-state index in [0.717, 1.165) is 19.3 Å².